The lowest BCUT2D eigenvalue weighted by Gasteiger charge is -2.17. The molecule has 0 aliphatic rings. The molecule has 18 heavy (non-hydrogen) atoms. The van der Waals surface area contributed by atoms with Crippen LogP contribution in [0.5, 0.6) is 0 Å². The minimum absolute atomic E-state index is 0.0327. The summed E-state index contributed by atoms with van der Waals surface area (Å²) in [5.41, 5.74) is 0.827. The van der Waals surface area contributed by atoms with Crippen LogP contribution < -0.4 is 4.90 Å². The second-order valence-electron chi connectivity index (χ2n) is 3.90. The minimum atomic E-state index is -0.866. The van der Waals surface area contributed by atoms with Crippen LogP contribution in [0.15, 0.2) is 29.2 Å². The van der Waals surface area contributed by atoms with Crippen molar-refractivity contribution in [3.8, 4) is 0 Å². The van der Waals surface area contributed by atoms with Gasteiger partial charge < -0.3 is 10.0 Å². The summed E-state index contributed by atoms with van der Waals surface area (Å²) < 4.78 is 0. The Morgan fingerprint density at radius 3 is 2.33 bits per heavy atom. The molecule has 1 N–H and O–H groups in total. The number of thioether (sulfide) groups is 1. The first-order valence-electron chi connectivity index (χ1n) is 5.67. The van der Waals surface area contributed by atoms with Gasteiger partial charge in [0.05, 0.1) is 0 Å². The van der Waals surface area contributed by atoms with E-state index in [-0.39, 0.29) is 18.7 Å². The lowest BCUT2D eigenvalue weighted by Crippen LogP contribution is -2.25. The molecule has 0 unspecified atom stereocenters. The predicted molar refractivity (Wildman–Crippen MR) is 73.1 cm³/mol. The number of amides is 1. The predicted octanol–water partition coefficient (Wildman–Crippen LogP) is 2.63. The Hall–Kier alpha value is -1.49. The summed E-state index contributed by atoms with van der Waals surface area (Å²) in [7, 11) is 1.71. The normalized spacial score (nSPS) is 10.1. The van der Waals surface area contributed by atoms with E-state index in [1.165, 1.54) is 0 Å². The highest BCUT2D eigenvalue weighted by Crippen LogP contribution is 2.20. The number of aliphatic carboxylic acids is 1. The molecule has 0 radical (unpaired) electrons. The third-order valence-corrected chi connectivity index (χ3v) is 3.36. The van der Waals surface area contributed by atoms with Crippen LogP contribution in [0, 0.1) is 0 Å². The Morgan fingerprint density at radius 2 is 1.83 bits per heavy atom. The average molecular weight is 267 g/mol. The van der Waals surface area contributed by atoms with Gasteiger partial charge in [-0.3, -0.25) is 9.59 Å². The molecule has 0 spiro atoms. The van der Waals surface area contributed by atoms with E-state index in [2.05, 4.69) is 0 Å². The second-order valence-corrected chi connectivity index (χ2v) is 4.78. The summed E-state index contributed by atoms with van der Waals surface area (Å²) >= 11 is 1.65. The van der Waals surface area contributed by atoms with Gasteiger partial charge in [-0.1, -0.05) is 0 Å². The summed E-state index contributed by atoms with van der Waals surface area (Å²) in [5.74, 6) is -0.928. The smallest absolute Gasteiger partial charge is 0.303 e. The summed E-state index contributed by atoms with van der Waals surface area (Å²) in [6.07, 6.45) is 2.66. The molecule has 98 valence electrons. The Kier molecular flexibility index (Phi) is 5.71. The van der Waals surface area contributed by atoms with Gasteiger partial charge in [0.2, 0.25) is 5.91 Å². The van der Waals surface area contributed by atoms with E-state index in [0.717, 1.165) is 10.6 Å². The number of benzene rings is 1. The van der Waals surface area contributed by atoms with Crippen molar-refractivity contribution in [3.05, 3.63) is 24.3 Å². The maximum atomic E-state index is 11.8. The van der Waals surface area contributed by atoms with E-state index >= 15 is 0 Å². The number of carboxylic acid groups (broad SMARTS) is 1. The highest BCUT2D eigenvalue weighted by atomic mass is 32.2. The highest BCUT2D eigenvalue weighted by molar-refractivity contribution is 7.98. The van der Waals surface area contributed by atoms with Crippen molar-refractivity contribution in [1.29, 1.82) is 0 Å². The number of hydrogen-bond acceptors (Lipinski definition) is 3. The summed E-state index contributed by atoms with van der Waals surface area (Å²) in [5, 5.41) is 8.51. The van der Waals surface area contributed by atoms with Gasteiger partial charge >= 0.3 is 5.97 Å². The van der Waals surface area contributed by atoms with Gasteiger partial charge in [-0.25, -0.2) is 0 Å². The van der Waals surface area contributed by atoms with Crippen LogP contribution in [0.25, 0.3) is 0 Å². The zero-order chi connectivity index (χ0) is 13.5. The molecule has 1 rings (SSSR count). The molecular weight excluding hydrogens is 250 g/mol. The zero-order valence-electron chi connectivity index (χ0n) is 10.5. The lowest BCUT2D eigenvalue weighted by atomic mass is 10.2. The number of nitrogens with zero attached hydrogens (tertiary/aromatic N) is 1. The van der Waals surface area contributed by atoms with Crippen LogP contribution in [-0.4, -0.2) is 30.3 Å². The van der Waals surface area contributed by atoms with Crippen molar-refractivity contribution < 1.29 is 14.7 Å². The van der Waals surface area contributed by atoms with Crippen LogP contribution in [0.3, 0.4) is 0 Å². The quantitative estimate of drug-likeness (QED) is 0.805. The first kappa shape index (κ1) is 14.6. The van der Waals surface area contributed by atoms with E-state index in [1.807, 2.05) is 30.5 Å². The first-order chi connectivity index (χ1) is 8.54. The molecule has 0 saturated heterocycles. The molecule has 0 aromatic heterocycles. The molecule has 0 heterocycles. The summed E-state index contributed by atoms with van der Waals surface area (Å²) in [4.78, 5) is 24.9. The number of rotatable bonds is 6. The Labute approximate surface area is 111 Å². The molecule has 0 atom stereocenters. The highest BCUT2D eigenvalue weighted by Gasteiger charge is 2.11. The average Bonchev–Trinajstić information content (AvgIpc) is 2.37. The standard InChI is InChI=1S/C13H17NO3S/c1-14(12(15)4-3-5-13(16)17)10-6-8-11(18-2)9-7-10/h6-9H,3-5H2,1-2H3,(H,16,17). The Bertz CT molecular complexity index is 417. The monoisotopic (exact) mass is 267 g/mol. The molecular formula is C13H17NO3S. The number of anilines is 1. The van der Waals surface area contributed by atoms with E-state index in [9.17, 15) is 9.59 Å². The van der Waals surface area contributed by atoms with Gasteiger partial charge in [0.25, 0.3) is 0 Å². The maximum absolute atomic E-state index is 11.8. The molecule has 5 heteroatoms. The summed E-state index contributed by atoms with van der Waals surface area (Å²) in [6, 6.07) is 7.70. The largest absolute Gasteiger partial charge is 0.481 e. The second kappa shape index (κ2) is 7.06. The Morgan fingerprint density at radius 1 is 1.22 bits per heavy atom. The fourth-order valence-electron chi connectivity index (χ4n) is 1.51. The molecule has 0 bridgehead atoms. The van der Waals surface area contributed by atoms with Crippen molar-refractivity contribution >= 4 is 29.3 Å². The topological polar surface area (TPSA) is 57.6 Å². The molecule has 0 fully saturated rings. The van der Waals surface area contributed by atoms with Crippen molar-refractivity contribution in [2.24, 2.45) is 0 Å². The van der Waals surface area contributed by atoms with Gasteiger partial charge in [0.1, 0.15) is 0 Å². The first-order valence-corrected chi connectivity index (χ1v) is 6.89. The van der Waals surface area contributed by atoms with Crippen LogP contribution in [0.4, 0.5) is 5.69 Å². The van der Waals surface area contributed by atoms with Gasteiger partial charge in [0.15, 0.2) is 0 Å². The number of carbonyl (C=O) groups is 2. The molecule has 0 saturated carbocycles. The Balaban J connectivity index is 2.54. The van der Waals surface area contributed by atoms with Gasteiger partial charge in [-0.05, 0) is 36.9 Å². The van der Waals surface area contributed by atoms with Crippen LogP contribution in [-0.2, 0) is 9.59 Å². The molecule has 4 nitrogen and oxygen atoms in total. The van der Waals surface area contributed by atoms with Gasteiger partial charge in [-0.15, -0.1) is 11.8 Å². The lowest BCUT2D eigenvalue weighted by molar-refractivity contribution is -0.137. The fourth-order valence-corrected chi connectivity index (χ4v) is 1.92. The molecule has 1 aromatic carbocycles. The van der Waals surface area contributed by atoms with Crippen molar-refractivity contribution in [1.82, 2.24) is 0 Å². The third kappa shape index (κ3) is 4.41. The van der Waals surface area contributed by atoms with E-state index < -0.39 is 5.97 Å². The molecule has 1 amide bonds. The molecule has 1 aromatic rings. The number of carboxylic acids is 1. The maximum Gasteiger partial charge on any atom is 0.303 e. The fraction of sp³-hybridized carbons (Fsp3) is 0.385. The zero-order valence-corrected chi connectivity index (χ0v) is 11.4. The van der Waals surface area contributed by atoms with Gasteiger partial charge in [-0.2, -0.15) is 0 Å². The van der Waals surface area contributed by atoms with Crippen molar-refractivity contribution in [3.63, 3.8) is 0 Å². The number of carbonyl (C=O) groups excluding carboxylic acids is 1. The third-order valence-electron chi connectivity index (χ3n) is 2.62. The SMILES string of the molecule is CSc1ccc(N(C)C(=O)CCCC(=O)O)cc1. The van der Waals surface area contributed by atoms with E-state index in [4.69, 9.17) is 5.11 Å². The molecule has 0 aliphatic carbocycles. The van der Waals surface area contributed by atoms with E-state index in [1.54, 1.807) is 23.7 Å². The minimum Gasteiger partial charge on any atom is -0.481 e. The van der Waals surface area contributed by atoms with Crippen LogP contribution in [0.2, 0.25) is 0 Å². The number of hydrogen-bond donors (Lipinski definition) is 1. The van der Waals surface area contributed by atoms with Crippen molar-refractivity contribution in [2.75, 3.05) is 18.2 Å². The van der Waals surface area contributed by atoms with Crippen LogP contribution in [0.1, 0.15) is 19.3 Å². The van der Waals surface area contributed by atoms with E-state index in [0.29, 0.717) is 6.42 Å². The summed E-state index contributed by atoms with van der Waals surface area (Å²) in [6.45, 7) is 0. The van der Waals surface area contributed by atoms with Crippen LogP contribution >= 0.6 is 11.8 Å². The van der Waals surface area contributed by atoms with Crippen molar-refractivity contribution in [2.45, 2.75) is 24.2 Å². The van der Waals surface area contributed by atoms with Gasteiger partial charge in [0, 0.05) is 30.5 Å². The molecule has 0 aliphatic heterocycles.